The molecule has 1 aliphatic heterocycles. The maximum absolute atomic E-state index is 13.4. The second kappa shape index (κ2) is 7.90. The lowest BCUT2D eigenvalue weighted by atomic mass is 9.63. The van der Waals surface area contributed by atoms with Crippen LogP contribution < -0.4 is 10.2 Å². The Balaban J connectivity index is 1.19. The van der Waals surface area contributed by atoms with Crippen LogP contribution in [0, 0.1) is 35.5 Å². The minimum atomic E-state index is -0.424. The summed E-state index contributed by atoms with van der Waals surface area (Å²) in [6, 6.07) is 13.1. The Morgan fingerprint density at radius 2 is 1.54 bits per heavy atom. The highest BCUT2D eigenvalue weighted by Gasteiger charge is 2.67. The van der Waals surface area contributed by atoms with Crippen molar-refractivity contribution in [2.24, 2.45) is 35.5 Å². The van der Waals surface area contributed by atoms with Crippen molar-refractivity contribution in [1.82, 2.24) is 0 Å². The van der Waals surface area contributed by atoms with Crippen LogP contribution in [0.2, 0.25) is 0 Å². The largest absolute Gasteiger partial charge is 0.459 e. The number of nitrogens with zero attached hydrogens (tertiary/aromatic N) is 1. The molecule has 2 bridgehead atoms. The molecule has 1 heterocycles. The number of carbonyl (C=O) groups is 4. The summed E-state index contributed by atoms with van der Waals surface area (Å²) in [7, 11) is 0. The molecule has 7 rings (SSSR count). The van der Waals surface area contributed by atoms with Gasteiger partial charge in [-0.15, -0.1) is 0 Å². The molecular weight excluding hydrogens is 444 g/mol. The van der Waals surface area contributed by atoms with Gasteiger partial charge in [-0.05, 0) is 86.4 Å². The van der Waals surface area contributed by atoms with Crippen molar-refractivity contribution < 1.29 is 23.9 Å². The molecule has 2 aromatic rings. The van der Waals surface area contributed by atoms with Crippen LogP contribution in [0.5, 0.6) is 0 Å². The highest BCUT2D eigenvalue weighted by molar-refractivity contribution is 6.23. The molecule has 2 aromatic carbocycles. The molecular formula is C28H26N2O5. The Morgan fingerprint density at radius 3 is 2.14 bits per heavy atom. The minimum absolute atomic E-state index is 0.147. The zero-order valence-electron chi connectivity index (χ0n) is 19.5. The molecule has 5 aliphatic rings. The van der Waals surface area contributed by atoms with E-state index in [2.05, 4.69) is 17.5 Å². The first-order chi connectivity index (χ1) is 16.8. The molecule has 3 amide bonds. The van der Waals surface area contributed by atoms with Gasteiger partial charge >= 0.3 is 5.97 Å². The number of anilines is 2. The van der Waals surface area contributed by atoms with E-state index >= 15 is 0 Å². The molecule has 1 N–H and O–H groups in total. The number of imide groups is 1. The van der Waals surface area contributed by atoms with Crippen molar-refractivity contribution in [3.05, 3.63) is 71.8 Å². The van der Waals surface area contributed by atoms with E-state index in [-0.39, 0.29) is 47.5 Å². The van der Waals surface area contributed by atoms with Gasteiger partial charge in [0, 0.05) is 11.3 Å². The zero-order valence-corrected chi connectivity index (χ0v) is 19.5. The van der Waals surface area contributed by atoms with E-state index in [9.17, 15) is 19.2 Å². The first-order valence-corrected chi connectivity index (χ1v) is 12.1. The maximum atomic E-state index is 13.4. The van der Waals surface area contributed by atoms with E-state index in [1.807, 2.05) is 0 Å². The molecule has 0 aromatic heterocycles. The van der Waals surface area contributed by atoms with Crippen molar-refractivity contribution in [2.45, 2.75) is 26.4 Å². The Hall–Kier alpha value is -3.74. The first-order valence-electron chi connectivity index (χ1n) is 12.1. The number of ether oxygens (including phenoxy) is 1. The molecule has 1 saturated heterocycles. The fraction of sp³-hybridized carbons (Fsp3) is 0.357. The van der Waals surface area contributed by atoms with Crippen LogP contribution >= 0.6 is 0 Å². The van der Waals surface area contributed by atoms with E-state index in [1.165, 1.54) is 4.90 Å². The van der Waals surface area contributed by atoms with E-state index < -0.39 is 5.97 Å². The number of carbonyl (C=O) groups excluding carboxylic acids is 4. The first kappa shape index (κ1) is 21.8. The van der Waals surface area contributed by atoms with E-state index in [1.54, 1.807) is 62.4 Å². The van der Waals surface area contributed by atoms with Gasteiger partial charge in [-0.3, -0.25) is 14.4 Å². The quantitative estimate of drug-likeness (QED) is 0.404. The summed E-state index contributed by atoms with van der Waals surface area (Å²) in [4.78, 5) is 53.0. The van der Waals surface area contributed by atoms with Gasteiger partial charge in [-0.1, -0.05) is 18.2 Å². The third kappa shape index (κ3) is 3.49. The highest BCUT2D eigenvalue weighted by Crippen LogP contribution is 2.65. The standard InChI is InChI=1S/C28H26N2O5/c1-14(2)35-28(34)15-6-8-17(9-7-15)29-25(31)16-4-3-5-18(12-16)30-26(32)23-19-10-11-20(22-13-21(19)22)24(23)27(30)33/h3-12,14,19-24H,13H2,1-2H3,(H,29,31)/t19-,20-,21-,22-,23+,24+/m0/s1. The molecule has 4 aliphatic carbocycles. The van der Waals surface area contributed by atoms with Crippen LogP contribution in [-0.4, -0.2) is 29.8 Å². The SMILES string of the molecule is CC(C)OC(=O)c1ccc(NC(=O)c2cccc(N3C(=O)[C@@H]4[C@H]5C=C[C@@H]([C@@H]6C[C@@H]56)[C@H]4C3=O)c2)cc1. The average molecular weight is 471 g/mol. The van der Waals surface area contributed by atoms with Gasteiger partial charge in [-0.25, -0.2) is 9.69 Å². The molecule has 3 fully saturated rings. The van der Waals surface area contributed by atoms with Gasteiger partial charge in [0.05, 0.1) is 29.2 Å². The third-order valence-corrected chi connectivity index (χ3v) is 7.75. The van der Waals surface area contributed by atoms with Crippen LogP contribution in [-0.2, 0) is 14.3 Å². The fourth-order valence-electron chi connectivity index (χ4n) is 6.17. The number of benzene rings is 2. The lowest BCUT2D eigenvalue weighted by molar-refractivity contribution is -0.124. The number of hydrogen-bond donors (Lipinski definition) is 1. The lowest BCUT2D eigenvalue weighted by Crippen LogP contribution is -2.40. The van der Waals surface area contributed by atoms with E-state index in [0.29, 0.717) is 34.3 Å². The molecule has 6 atom stereocenters. The molecule has 35 heavy (non-hydrogen) atoms. The van der Waals surface area contributed by atoms with Crippen LogP contribution in [0.25, 0.3) is 0 Å². The third-order valence-electron chi connectivity index (χ3n) is 7.75. The lowest BCUT2D eigenvalue weighted by Gasteiger charge is -2.37. The second-order valence-electron chi connectivity index (χ2n) is 10.2. The zero-order chi connectivity index (χ0) is 24.4. The van der Waals surface area contributed by atoms with Gasteiger partial charge < -0.3 is 10.1 Å². The number of rotatable bonds is 5. The minimum Gasteiger partial charge on any atom is -0.459 e. The molecule has 2 saturated carbocycles. The normalized spacial score (nSPS) is 29.7. The number of nitrogens with one attached hydrogen (secondary N) is 1. The number of hydrogen-bond acceptors (Lipinski definition) is 5. The summed E-state index contributed by atoms with van der Waals surface area (Å²) in [5.41, 5.74) is 1.68. The number of amides is 3. The van der Waals surface area contributed by atoms with Gasteiger partial charge in [0.2, 0.25) is 11.8 Å². The average Bonchev–Trinajstić information content (AvgIpc) is 3.62. The van der Waals surface area contributed by atoms with Crippen LogP contribution in [0.15, 0.2) is 60.7 Å². The van der Waals surface area contributed by atoms with Crippen molar-refractivity contribution in [3.63, 3.8) is 0 Å². The fourth-order valence-corrected chi connectivity index (χ4v) is 6.17. The van der Waals surface area contributed by atoms with Crippen LogP contribution in [0.3, 0.4) is 0 Å². The van der Waals surface area contributed by atoms with Gasteiger partial charge in [0.15, 0.2) is 0 Å². The molecule has 0 radical (unpaired) electrons. The maximum Gasteiger partial charge on any atom is 0.338 e. The van der Waals surface area contributed by atoms with Crippen molar-refractivity contribution in [1.29, 1.82) is 0 Å². The van der Waals surface area contributed by atoms with Crippen LogP contribution in [0.1, 0.15) is 41.0 Å². The summed E-state index contributed by atoms with van der Waals surface area (Å²) in [5.74, 6) is -0.253. The molecule has 7 nitrogen and oxygen atoms in total. The van der Waals surface area contributed by atoms with E-state index in [4.69, 9.17) is 4.74 Å². The summed E-state index contributed by atoms with van der Waals surface area (Å²) in [6.07, 6.45) is 5.19. The Bertz CT molecular complexity index is 1240. The molecule has 0 unspecified atom stereocenters. The summed E-state index contributed by atoms with van der Waals surface area (Å²) < 4.78 is 5.18. The van der Waals surface area contributed by atoms with Crippen molar-refractivity contribution in [2.75, 3.05) is 10.2 Å². The van der Waals surface area contributed by atoms with Gasteiger partial charge in [0.1, 0.15) is 0 Å². The van der Waals surface area contributed by atoms with Gasteiger partial charge in [0.25, 0.3) is 5.91 Å². The van der Waals surface area contributed by atoms with Gasteiger partial charge in [-0.2, -0.15) is 0 Å². The van der Waals surface area contributed by atoms with E-state index in [0.717, 1.165) is 6.42 Å². The number of esters is 1. The second-order valence-corrected chi connectivity index (χ2v) is 10.2. The Morgan fingerprint density at radius 1 is 0.914 bits per heavy atom. The number of allylic oxidation sites excluding steroid dienone is 2. The van der Waals surface area contributed by atoms with Crippen molar-refractivity contribution >= 4 is 35.1 Å². The van der Waals surface area contributed by atoms with Crippen LogP contribution in [0.4, 0.5) is 11.4 Å². The highest BCUT2D eigenvalue weighted by atomic mass is 16.5. The van der Waals surface area contributed by atoms with Crippen molar-refractivity contribution in [3.8, 4) is 0 Å². The predicted octanol–water partition coefficient (Wildman–Crippen LogP) is 4.06. The molecule has 7 heteroatoms. The topological polar surface area (TPSA) is 92.8 Å². The summed E-state index contributed by atoms with van der Waals surface area (Å²) >= 11 is 0. The molecule has 0 spiro atoms. The smallest absolute Gasteiger partial charge is 0.338 e. The summed E-state index contributed by atoms with van der Waals surface area (Å²) in [5, 5.41) is 2.80. The summed E-state index contributed by atoms with van der Waals surface area (Å²) in [6.45, 7) is 3.56. The Kier molecular flexibility index (Phi) is 4.91. The predicted molar refractivity (Wildman–Crippen MR) is 129 cm³/mol. The monoisotopic (exact) mass is 470 g/mol. The molecule has 178 valence electrons. The Labute approximate surface area is 203 Å².